The van der Waals surface area contributed by atoms with Crippen molar-refractivity contribution in [3.05, 3.63) is 59.6 Å². The van der Waals surface area contributed by atoms with Gasteiger partial charge in [-0.05, 0) is 83.4 Å². The van der Waals surface area contributed by atoms with E-state index in [0.29, 0.717) is 55.9 Å². The van der Waals surface area contributed by atoms with Gasteiger partial charge in [-0.3, -0.25) is 4.79 Å². The van der Waals surface area contributed by atoms with Crippen molar-refractivity contribution in [1.29, 1.82) is 0 Å². The van der Waals surface area contributed by atoms with Crippen LogP contribution < -0.4 is 10.1 Å². The van der Waals surface area contributed by atoms with E-state index in [4.69, 9.17) is 9.47 Å². The summed E-state index contributed by atoms with van der Waals surface area (Å²) in [4.78, 5) is 29.0. The van der Waals surface area contributed by atoms with E-state index in [1.165, 1.54) is 12.1 Å². The molecule has 3 aliphatic rings. The number of halogens is 1. The summed E-state index contributed by atoms with van der Waals surface area (Å²) in [6, 6.07) is 4.32. The molecule has 1 saturated heterocycles. The summed E-state index contributed by atoms with van der Waals surface area (Å²) in [6.07, 6.45) is 9.33. The second-order valence-electron chi connectivity index (χ2n) is 10.8. The van der Waals surface area contributed by atoms with Crippen molar-refractivity contribution in [2.75, 3.05) is 26.2 Å². The Morgan fingerprint density at radius 1 is 1.22 bits per heavy atom. The first-order valence-corrected chi connectivity index (χ1v) is 13.2. The Kier molecular flexibility index (Phi) is 7.67. The number of hydrogen-bond acceptors (Lipinski definition) is 5. The molecule has 0 aliphatic carbocycles. The van der Waals surface area contributed by atoms with Crippen molar-refractivity contribution in [3.63, 3.8) is 0 Å². The summed E-state index contributed by atoms with van der Waals surface area (Å²) < 4.78 is 26.4. The van der Waals surface area contributed by atoms with Crippen molar-refractivity contribution >= 4 is 17.6 Å². The molecule has 1 aromatic rings. The minimum Gasteiger partial charge on any atom is -0.482 e. The van der Waals surface area contributed by atoms with Gasteiger partial charge in [0.2, 0.25) is 0 Å². The molecule has 7 nitrogen and oxygen atoms in total. The maximum Gasteiger partial charge on any atom is 0.410 e. The topological polar surface area (TPSA) is 71.1 Å². The highest BCUT2D eigenvalue weighted by atomic mass is 19.1. The third-order valence-electron chi connectivity index (χ3n) is 6.99. The SMILES string of the molecule is CCN(CC)C(=O)C1=CNC(C2=CC3(CCCN(C(=O)OC(C)(C)C)CC3)Oc3ccc(F)cc32)C=C1. The average molecular weight is 512 g/mol. The molecule has 2 amide bonds. The van der Waals surface area contributed by atoms with Crippen LogP contribution in [0.4, 0.5) is 9.18 Å². The van der Waals surface area contributed by atoms with Gasteiger partial charge in [-0.2, -0.15) is 0 Å². The van der Waals surface area contributed by atoms with Crippen LogP contribution in [0.25, 0.3) is 5.57 Å². The number of carbonyl (C=O) groups excluding carboxylic acids is 2. The molecule has 0 saturated carbocycles. The standard InChI is InChI=1S/C29H38FN3O4/c1-6-32(7-2)26(34)20-9-11-24(31-19-20)23-18-29(36-25-12-10-21(30)17-22(23)25)13-8-15-33(16-14-29)27(35)37-28(3,4)5/h9-12,17-19,24,31H,6-8,13-16H2,1-5H3. The molecule has 2 unspecified atom stereocenters. The first-order valence-electron chi connectivity index (χ1n) is 13.2. The van der Waals surface area contributed by atoms with Gasteiger partial charge in [0, 0.05) is 44.4 Å². The molecule has 8 heteroatoms. The average Bonchev–Trinajstić information content (AvgIpc) is 3.06. The summed E-state index contributed by atoms with van der Waals surface area (Å²) in [6.45, 7) is 11.9. The Bertz CT molecular complexity index is 1130. The lowest BCUT2D eigenvalue weighted by Gasteiger charge is -2.38. The predicted octanol–water partition coefficient (Wildman–Crippen LogP) is 5.04. The molecule has 3 heterocycles. The molecule has 0 aromatic heterocycles. The zero-order chi connectivity index (χ0) is 26.8. The van der Waals surface area contributed by atoms with Crippen molar-refractivity contribution < 1.29 is 23.5 Å². The Hall–Kier alpha value is -3.29. The highest BCUT2D eigenvalue weighted by Crippen LogP contribution is 2.43. The van der Waals surface area contributed by atoms with Gasteiger partial charge < -0.3 is 24.6 Å². The van der Waals surface area contributed by atoms with Gasteiger partial charge in [-0.1, -0.05) is 6.08 Å². The lowest BCUT2D eigenvalue weighted by atomic mass is 9.83. The number of nitrogens with one attached hydrogen (secondary N) is 1. The van der Waals surface area contributed by atoms with Gasteiger partial charge in [0.05, 0.1) is 11.6 Å². The van der Waals surface area contributed by atoms with E-state index in [1.54, 1.807) is 22.1 Å². The maximum atomic E-state index is 14.3. The number of carbonyl (C=O) groups is 2. The molecule has 1 fully saturated rings. The van der Waals surface area contributed by atoms with Crippen LogP contribution in [0.2, 0.25) is 0 Å². The number of likely N-dealkylation sites (tertiary alicyclic amines) is 1. The van der Waals surface area contributed by atoms with E-state index in [0.717, 1.165) is 12.0 Å². The molecule has 1 N–H and O–H groups in total. The minimum atomic E-state index is -0.631. The lowest BCUT2D eigenvalue weighted by Crippen LogP contribution is -2.42. The fourth-order valence-electron chi connectivity index (χ4n) is 5.07. The molecular formula is C29H38FN3O4. The number of dihydropyridines is 1. The Balaban J connectivity index is 1.59. The van der Waals surface area contributed by atoms with Gasteiger partial charge in [-0.25, -0.2) is 9.18 Å². The fraction of sp³-hybridized carbons (Fsp3) is 0.517. The van der Waals surface area contributed by atoms with Crippen LogP contribution in [-0.4, -0.2) is 65.2 Å². The number of hydrogen-bond donors (Lipinski definition) is 1. The molecule has 37 heavy (non-hydrogen) atoms. The zero-order valence-electron chi connectivity index (χ0n) is 22.5. The van der Waals surface area contributed by atoms with Gasteiger partial charge in [0.1, 0.15) is 22.8 Å². The van der Waals surface area contributed by atoms with Gasteiger partial charge >= 0.3 is 6.09 Å². The number of amides is 2. The van der Waals surface area contributed by atoms with E-state index in [1.807, 2.05) is 46.8 Å². The minimum absolute atomic E-state index is 0.0259. The Labute approximate surface area is 219 Å². The second-order valence-corrected chi connectivity index (χ2v) is 10.8. The van der Waals surface area contributed by atoms with Gasteiger partial charge in [0.15, 0.2) is 0 Å². The van der Waals surface area contributed by atoms with Crippen LogP contribution in [0.3, 0.4) is 0 Å². The summed E-state index contributed by atoms with van der Waals surface area (Å²) >= 11 is 0. The van der Waals surface area contributed by atoms with Crippen molar-refractivity contribution in [2.45, 2.75) is 71.1 Å². The quantitative estimate of drug-likeness (QED) is 0.613. The molecule has 0 radical (unpaired) electrons. The normalized spacial score (nSPS) is 23.2. The predicted molar refractivity (Wildman–Crippen MR) is 141 cm³/mol. The first-order chi connectivity index (χ1) is 17.5. The van der Waals surface area contributed by atoms with Crippen molar-refractivity contribution in [1.82, 2.24) is 15.1 Å². The summed E-state index contributed by atoms with van der Waals surface area (Å²) in [5.41, 5.74) is 0.981. The van der Waals surface area contributed by atoms with E-state index in [9.17, 15) is 14.0 Å². The van der Waals surface area contributed by atoms with Crippen LogP contribution >= 0.6 is 0 Å². The number of ether oxygens (including phenoxy) is 2. The van der Waals surface area contributed by atoms with Crippen LogP contribution in [0, 0.1) is 5.82 Å². The third kappa shape index (κ3) is 6.00. The van der Waals surface area contributed by atoms with Crippen LogP contribution in [-0.2, 0) is 9.53 Å². The molecule has 3 aliphatic heterocycles. The van der Waals surface area contributed by atoms with Crippen LogP contribution in [0.5, 0.6) is 5.75 Å². The molecule has 200 valence electrons. The molecule has 1 aromatic carbocycles. The van der Waals surface area contributed by atoms with Crippen LogP contribution in [0.15, 0.2) is 48.2 Å². The monoisotopic (exact) mass is 511 g/mol. The number of rotatable bonds is 4. The summed E-state index contributed by atoms with van der Waals surface area (Å²) in [7, 11) is 0. The fourth-order valence-corrected chi connectivity index (χ4v) is 5.07. The van der Waals surface area contributed by atoms with Gasteiger partial charge in [-0.15, -0.1) is 0 Å². The molecule has 1 spiro atoms. The number of fused-ring (bicyclic) bond motifs is 1. The van der Waals surface area contributed by atoms with E-state index in [-0.39, 0.29) is 23.9 Å². The molecular weight excluding hydrogens is 473 g/mol. The highest BCUT2D eigenvalue weighted by Gasteiger charge is 2.40. The smallest absolute Gasteiger partial charge is 0.410 e. The van der Waals surface area contributed by atoms with E-state index < -0.39 is 11.2 Å². The lowest BCUT2D eigenvalue weighted by molar-refractivity contribution is -0.126. The number of nitrogens with zero attached hydrogens (tertiary/aromatic N) is 2. The van der Waals surface area contributed by atoms with Crippen molar-refractivity contribution in [3.8, 4) is 5.75 Å². The summed E-state index contributed by atoms with van der Waals surface area (Å²) in [5.74, 6) is 0.254. The number of benzene rings is 1. The van der Waals surface area contributed by atoms with Gasteiger partial charge in [0.25, 0.3) is 5.91 Å². The van der Waals surface area contributed by atoms with Crippen molar-refractivity contribution in [2.24, 2.45) is 0 Å². The van der Waals surface area contributed by atoms with E-state index in [2.05, 4.69) is 11.4 Å². The largest absolute Gasteiger partial charge is 0.482 e. The number of likely N-dealkylation sites (N-methyl/N-ethyl adjacent to an activating group) is 1. The summed E-state index contributed by atoms with van der Waals surface area (Å²) in [5, 5.41) is 3.35. The molecule has 0 bridgehead atoms. The maximum absolute atomic E-state index is 14.3. The highest BCUT2D eigenvalue weighted by molar-refractivity contribution is 5.96. The second kappa shape index (κ2) is 10.6. The third-order valence-corrected chi connectivity index (χ3v) is 6.99. The Morgan fingerprint density at radius 3 is 2.62 bits per heavy atom. The van der Waals surface area contributed by atoms with E-state index >= 15 is 0 Å². The molecule has 2 atom stereocenters. The first kappa shape index (κ1) is 26.8. The Morgan fingerprint density at radius 2 is 1.97 bits per heavy atom. The molecule has 4 rings (SSSR count). The zero-order valence-corrected chi connectivity index (χ0v) is 22.5. The van der Waals surface area contributed by atoms with Crippen LogP contribution in [0.1, 0.15) is 59.4 Å².